The minimum atomic E-state index is -0.289. The van der Waals surface area contributed by atoms with Gasteiger partial charge in [0.25, 0.3) is 0 Å². The summed E-state index contributed by atoms with van der Waals surface area (Å²) in [6.45, 7) is 3.36. The topological polar surface area (TPSA) is 58.5 Å². The number of hydrogen-bond donors (Lipinski definition) is 0. The zero-order chi connectivity index (χ0) is 19.1. The largest absolute Gasteiger partial charge is 0.463 e. The molecule has 0 N–H and O–H groups in total. The maximum absolute atomic E-state index is 14.9. The molecule has 0 amide bonds. The number of likely N-dealkylation sites (N-methyl/N-ethyl adjacent to an activating group) is 1. The maximum Gasteiger partial charge on any atom is 0.154 e. The summed E-state index contributed by atoms with van der Waals surface area (Å²) in [5.41, 5.74) is 2.77. The van der Waals surface area contributed by atoms with Gasteiger partial charge in [-0.2, -0.15) is 0 Å². The fourth-order valence-electron chi connectivity index (χ4n) is 3.53. The van der Waals surface area contributed by atoms with Crippen molar-refractivity contribution in [2.24, 2.45) is 0 Å². The summed E-state index contributed by atoms with van der Waals surface area (Å²) in [5.74, 6) is 0.859. The molecule has 0 saturated carbocycles. The molecule has 6 nitrogen and oxygen atoms in total. The molecule has 1 fully saturated rings. The predicted octanol–water partition coefficient (Wildman–Crippen LogP) is 4.04. The van der Waals surface area contributed by atoms with E-state index in [9.17, 15) is 4.39 Å². The molecule has 4 heterocycles. The smallest absolute Gasteiger partial charge is 0.154 e. The summed E-state index contributed by atoms with van der Waals surface area (Å²) in [6.07, 6.45) is 3.16. The van der Waals surface area contributed by atoms with Crippen LogP contribution in [0.25, 0.3) is 33.9 Å². The van der Waals surface area contributed by atoms with Crippen molar-refractivity contribution in [2.75, 3.05) is 38.1 Å². The quantitative estimate of drug-likeness (QED) is 0.536. The van der Waals surface area contributed by atoms with Gasteiger partial charge in [0.1, 0.15) is 17.2 Å². The lowest BCUT2D eigenvalue weighted by Crippen LogP contribution is -2.44. The summed E-state index contributed by atoms with van der Waals surface area (Å²) in [4.78, 5) is 13.7. The van der Waals surface area contributed by atoms with Gasteiger partial charge in [0.05, 0.1) is 29.2 Å². The van der Waals surface area contributed by atoms with Crippen molar-refractivity contribution in [1.29, 1.82) is 0 Å². The van der Waals surface area contributed by atoms with E-state index >= 15 is 0 Å². The summed E-state index contributed by atoms with van der Waals surface area (Å²) in [5, 5.41) is 0. The van der Waals surface area contributed by atoms with Crippen LogP contribution >= 0.6 is 0 Å². The van der Waals surface area contributed by atoms with Crippen molar-refractivity contribution in [3.63, 3.8) is 0 Å². The summed E-state index contributed by atoms with van der Waals surface area (Å²) >= 11 is 0. The lowest BCUT2D eigenvalue weighted by atomic mass is 10.1. The molecule has 0 bridgehead atoms. The summed E-state index contributed by atoms with van der Waals surface area (Å²) in [7, 11) is 2.07. The van der Waals surface area contributed by atoms with E-state index in [1.54, 1.807) is 36.8 Å². The third-order valence-corrected chi connectivity index (χ3v) is 5.09. The number of fused-ring (bicyclic) bond motifs is 1. The molecular weight excluding hydrogens is 359 g/mol. The second-order valence-electron chi connectivity index (χ2n) is 6.96. The Hall–Kier alpha value is -3.19. The van der Waals surface area contributed by atoms with E-state index in [1.807, 2.05) is 6.07 Å². The van der Waals surface area contributed by atoms with Gasteiger partial charge in [-0.25, -0.2) is 14.4 Å². The van der Waals surface area contributed by atoms with Crippen LogP contribution in [0.2, 0.25) is 0 Å². The molecule has 4 aromatic rings. The third-order valence-electron chi connectivity index (χ3n) is 5.09. The number of furan rings is 2. The van der Waals surface area contributed by atoms with Gasteiger partial charge in [-0.05, 0) is 37.4 Å². The van der Waals surface area contributed by atoms with E-state index in [2.05, 4.69) is 21.8 Å². The number of nitrogens with zero attached hydrogens (tertiary/aromatic N) is 4. The van der Waals surface area contributed by atoms with Crippen molar-refractivity contribution in [3.05, 3.63) is 54.7 Å². The first kappa shape index (κ1) is 16.9. The first-order valence-corrected chi connectivity index (χ1v) is 9.21. The van der Waals surface area contributed by atoms with Gasteiger partial charge in [-0.3, -0.25) is 0 Å². The number of piperazine rings is 1. The average Bonchev–Trinajstić information content (AvgIpc) is 3.41. The molecule has 0 spiro atoms. The molecule has 7 heteroatoms. The van der Waals surface area contributed by atoms with Crippen molar-refractivity contribution >= 4 is 16.7 Å². The Kier molecular flexibility index (Phi) is 4.09. The average molecular weight is 378 g/mol. The molecule has 3 aromatic heterocycles. The van der Waals surface area contributed by atoms with Gasteiger partial charge in [-0.1, -0.05) is 0 Å². The van der Waals surface area contributed by atoms with Gasteiger partial charge in [-0.15, -0.1) is 0 Å². The highest BCUT2D eigenvalue weighted by atomic mass is 19.1. The van der Waals surface area contributed by atoms with Crippen LogP contribution in [0, 0.1) is 5.82 Å². The number of anilines is 1. The molecule has 1 aliphatic heterocycles. The Morgan fingerprint density at radius 3 is 1.96 bits per heavy atom. The molecule has 0 radical (unpaired) electrons. The van der Waals surface area contributed by atoms with E-state index in [-0.39, 0.29) is 5.82 Å². The van der Waals surface area contributed by atoms with Crippen LogP contribution in [0.3, 0.4) is 0 Å². The highest BCUT2D eigenvalue weighted by molar-refractivity contribution is 5.86. The van der Waals surface area contributed by atoms with E-state index in [0.29, 0.717) is 39.6 Å². The van der Waals surface area contributed by atoms with Gasteiger partial charge in [0.15, 0.2) is 11.5 Å². The second kappa shape index (κ2) is 6.76. The molecule has 5 rings (SSSR count). The Morgan fingerprint density at radius 1 is 0.857 bits per heavy atom. The summed E-state index contributed by atoms with van der Waals surface area (Å²) < 4.78 is 26.0. The molecule has 1 saturated heterocycles. The normalized spacial score (nSPS) is 15.4. The van der Waals surface area contributed by atoms with Crippen LogP contribution in [0.5, 0.6) is 0 Å². The number of aromatic nitrogens is 2. The number of halogens is 1. The highest BCUT2D eigenvalue weighted by Crippen LogP contribution is 2.33. The van der Waals surface area contributed by atoms with E-state index in [1.165, 1.54) is 6.07 Å². The van der Waals surface area contributed by atoms with Gasteiger partial charge >= 0.3 is 0 Å². The fourth-order valence-corrected chi connectivity index (χ4v) is 3.53. The van der Waals surface area contributed by atoms with Crippen molar-refractivity contribution in [1.82, 2.24) is 14.9 Å². The van der Waals surface area contributed by atoms with Crippen LogP contribution in [-0.4, -0.2) is 48.1 Å². The van der Waals surface area contributed by atoms with Crippen LogP contribution in [0.15, 0.2) is 57.8 Å². The third kappa shape index (κ3) is 2.93. The number of rotatable bonds is 3. The monoisotopic (exact) mass is 378 g/mol. The highest BCUT2D eigenvalue weighted by Gasteiger charge is 2.21. The molecule has 142 valence electrons. The van der Waals surface area contributed by atoms with Gasteiger partial charge < -0.3 is 18.6 Å². The lowest BCUT2D eigenvalue weighted by Gasteiger charge is -2.34. The Morgan fingerprint density at radius 2 is 1.43 bits per heavy atom. The van der Waals surface area contributed by atoms with Crippen LogP contribution in [0.1, 0.15) is 0 Å². The molecule has 1 aliphatic rings. The van der Waals surface area contributed by atoms with Crippen molar-refractivity contribution in [2.45, 2.75) is 0 Å². The van der Waals surface area contributed by atoms with Crippen molar-refractivity contribution in [3.8, 4) is 22.9 Å². The minimum Gasteiger partial charge on any atom is -0.463 e. The molecule has 0 atom stereocenters. The Balaban J connectivity index is 1.66. The lowest BCUT2D eigenvalue weighted by molar-refractivity contribution is 0.312. The minimum absolute atomic E-state index is 0.289. The predicted molar refractivity (Wildman–Crippen MR) is 105 cm³/mol. The van der Waals surface area contributed by atoms with Gasteiger partial charge in [0.2, 0.25) is 0 Å². The summed E-state index contributed by atoms with van der Waals surface area (Å²) in [6, 6.07) is 10.4. The van der Waals surface area contributed by atoms with Crippen LogP contribution in [-0.2, 0) is 0 Å². The second-order valence-corrected chi connectivity index (χ2v) is 6.96. The van der Waals surface area contributed by atoms with E-state index in [4.69, 9.17) is 13.8 Å². The SMILES string of the molecule is CN1CCN(c2cc3nc(-c4ccco4)c(-c4ccco4)nc3cc2F)CC1. The van der Waals surface area contributed by atoms with E-state index in [0.717, 1.165) is 26.2 Å². The Labute approximate surface area is 161 Å². The zero-order valence-electron chi connectivity index (χ0n) is 15.4. The number of hydrogen-bond acceptors (Lipinski definition) is 6. The van der Waals surface area contributed by atoms with Crippen LogP contribution < -0.4 is 4.90 Å². The molecular formula is C21H19FN4O2. The standard InChI is InChI=1S/C21H19FN4O2/c1-25-6-8-26(9-7-25)17-13-16-15(12-14(17)22)23-20(18-4-2-10-27-18)21(24-16)19-5-3-11-28-19/h2-5,10-13H,6-9H2,1H3. The zero-order valence-corrected chi connectivity index (χ0v) is 15.4. The van der Waals surface area contributed by atoms with E-state index < -0.39 is 0 Å². The van der Waals surface area contributed by atoms with Gasteiger partial charge in [0, 0.05) is 32.2 Å². The van der Waals surface area contributed by atoms with Crippen LogP contribution in [0.4, 0.5) is 10.1 Å². The van der Waals surface area contributed by atoms with Crippen molar-refractivity contribution < 1.29 is 13.2 Å². The molecule has 1 aromatic carbocycles. The molecule has 28 heavy (non-hydrogen) atoms. The maximum atomic E-state index is 14.9. The molecule has 0 unspecified atom stereocenters. The first-order valence-electron chi connectivity index (χ1n) is 9.21. The fraction of sp³-hybridized carbons (Fsp3) is 0.238. The Bertz CT molecular complexity index is 1100. The number of benzene rings is 1. The molecule has 0 aliphatic carbocycles. The first-order chi connectivity index (χ1) is 13.7.